The molecule has 2 rings (SSSR count). The van der Waals surface area contributed by atoms with E-state index < -0.39 is 33.7 Å². The fourth-order valence-electron chi connectivity index (χ4n) is 3.01. The van der Waals surface area contributed by atoms with Gasteiger partial charge in [-0.2, -0.15) is 0 Å². The second-order valence-corrected chi connectivity index (χ2v) is 9.91. The Morgan fingerprint density at radius 2 is 1.66 bits per heavy atom. The maximum Gasteiger partial charge on any atom is 0.343 e. The first-order valence-electron chi connectivity index (χ1n) is 11.1. The molecule has 0 radical (unpaired) electrons. The van der Waals surface area contributed by atoms with Crippen LogP contribution in [-0.4, -0.2) is 33.7 Å². The summed E-state index contributed by atoms with van der Waals surface area (Å²) in [5.74, 6) is -1.31. The third-order valence-electron chi connectivity index (χ3n) is 4.79. The van der Waals surface area contributed by atoms with Crippen molar-refractivity contribution in [2.75, 3.05) is 18.7 Å². The first kappa shape index (κ1) is 28.8. The second kappa shape index (κ2) is 13.6. The topological polar surface area (TPSA) is 134 Å². The number of rotatable bonds is 13. The Hall–Kier alpha value is -2.41. The quantitative estimate of drug-likeness (QED) is 0.123. The van der Waals surface area contributed by atoms with E-state index in [9.17, 15) is 18.0 Å². The Kier molecular flexibility index (Phi) is 11.2. The first-order chi connectivity index (χ1) is 16.6. The molecule has 0 aromatic heterocycles. The van der Waals surface area contributed by atoms with Crippen molar-refractivity contribution in [1.82, 2.24) is 0 Å². The van der Waals surface area contributed by atoms with E-state index >= 15 is 0 Å². The van der Waals surface area contributed by atoms with E-state index in [0.717, 1.165) is 19.3 Å². The van der Waals surface area contributed by atoms with Crippen LogP contribution in [0.2, 0.25) is 0 Å². The van der Waals surface area contributed by atoms with Crippen molar-refractivity contribution in [2.45, 2.75) is 60.6 Å². The number of nitrogens with two attached hydrogens (primary N) is 1. The fraction of sp³-hybridized carbons (Fsp3) is 0.391. The lowest BCUT2D eigenvalue weighted by molar-refractivity contribution is -0.152. The molecule has 0 bridgehead atoms. The van der Waals surface area contributed by atoms with Gasteiger partial charge in [0.05, 0.1) is 11.3 Å². The summed E-state index contributed by atoms with van der Waals surface area (Å²) in [6.45, 7) is 3.71. The van der Waals surface area contributed by atoms with Gasteiger partial charge in [0.25, 0.3) is 0 Å². The summed E-state index contributed by atoms with van der Waals surface area (Å²) in [5, 5.41) is 8.60. The van der Waals surface area contributed by atoms with Gasteiger partial charge in [0.2, 0.25) is 16.8 Å². The molecular weight excluding hydrogens is 512 g/mol. The Morgan fingerprint density at radius 3 is 2.26 bits per heavy atom. The maximum atomic E-state index is 12.9. The highest BCUT2D eigenvalue weighted by molar-refractivity contribution is 7.90. The van der Waals surface area contributed by atoms with Gasteiger partial charge in [-0.15, -0.1) is 25.3 Å². The molecule has 0 aliphatic rings. The molecule has 2 aromatic carbocycles. The van der Waals surface area contributed by atoms with Crippen LogP contribution in [0, 0.1) is 0 Å². The van der Waals surface area contributed by atoms with Crippen molar-refractivity contribution in [1.29, 1.82) is 0 Å². The van der Waals surface area contributed by atoms with E-state index in [1.54, 1.807) is 30.3 Å². The molecule has 0 amide bonds. The van der Waals surface area contributed by atoms with Gasteiger partial charge in [-0.05, 0) is 25.0 Å². The lowest BCUT2D eigenvalue weighted by atomic mass is 10.1. The minimum Gasteiger partial charge on any atom is -0.454 e. The minimum atomic E-state index is -4.42. The molecule has 0 atom stereocenters. The van der Waals surface area contributed by atoms with E-state index in [-0.39, 0.29) is 33.2 Å². The number of hydrogen-bond acceptors (Lipinski definition) is 10. The summed E-state index contributed by atoms with van der Waals surface area (Å²) in [6, 6.07) is 8.47. The van der Waals surface area contributed by atoms with Crippen molar-refractivity contribution in [2.24, 2.45) is 5.14 Å². The van der Waals surface area contributed by atoms with Crippen molar-refractivity contribution in [3.05, 3.63) is 35.9 Å². The zero-order valence-corrected chi connectivity index (χ0v) is 22.2. The van der Waals surface area contributed by atoms with Crippen molar-refractivity contribution in [3.63, 3.8) is 0 Å². The molecule has 35 heavy (non-hydrogen) atoms. The third kappa shape index (κ3) is 8.06. The smallest absolute Gasteiger partial charge is 0.343 e. The van der Waals surface area contributed by atoms with Crippen LogP contribution in [0.5, 0.6) is 11.5 Å². The molecule has 0 spiro atoms. The molecule has 0 saturated carbocycles. The van der Waals surface area contributed by atoms with Crippen LogP contribution in [0.15, 0.2) is 45.0 Å². The van der Waals surface area contributed by atoms with Crippen LogP contribution in [0.1, 0.15) is 56.3 Å². The SMILES string of the molecule is CCCCNc1c(S)c(C(=O)OCOC(=O)CCCC)c(S)c(S(N)(=O)=O)c1Oc1ccccc1. The number of anilines is 1. The normalized spacial score (nSPS) is 11.1. The minimum absolute atomic E-state index is 0.0479. The summed E-state index contributed by atoms with van der Waals surface area (Å²) in [5.41, 5.74) is -0.121. The van der Waals surface area contributed by atoms with Crippen LogP contribution in [0.4, 0.5) is 5.69 Å². The van der Waals surface area contributed by atoms with E-state index in [0.29, 0.717) is 18.7 Å². The summed E-state index contributed by atoms with van der Waals surface area (Å²) >= 11 is 8.77. The van der Waals surface area contributed by atoms with Crippen LogP contribution < -0.4 is 15.2 Å². The Balaban J connectivity index is 2.53. The van der Waals surface area contributed by atoms with Crippen molar-refractivity contribution >= 4 is 52.9 Å². The predicted octanol–water partition coefficient (Wildman–Crippen LogP) is 4.76. The van der Waals surface area contributed by atoms with E-state index in [1.807, 2.05) is 13.8 Å². The number of para-hydroxylation sites is 1. The van der Waals surface area contributed by atoms with Crippen molar-refractivity contribution in [3.8, 4) is 11.5 Å². The molecule has 0 aliphatic heterocycles. The number of benzene rings is 2. The van der Waals surface area contributed by atoms with Crippen LogP contribution >= 0.6 is 25.3 Å². The zero-order chi connectivity index (χ0) is 26.0. The molecular formula is C23H30N2O7S3. The fourth-order valence-corrected chi connectivity index (χ4v) is 4.94. The number of primary sulfonamides is 1. The average Bonchev–Trinajstić information content (AvgIpc) is 2.79. The Labute approximate surface area is 216 Å². The van der Waals surface area contributed by atoms with Gasteiger partial charge in [-0.25, -0.2) is 18.4 Å². The van der Waals surface area contributed by atoms with E-state index in [4.69, 9.17) is 19.3 Å². The summed E-state index contributed by atoms with van der Waals surface area (Å²) < 4.78 is 41.1. The van der Waals surface area contributed by atoms with Gasteiger partial charge in [0, 0.05) is 22.8 Å². The van der Waals surface area contributed by atoms with Gasteiger partial charge in [0.1, 0.15) is 10.6 Å². The molecule has 2 aromatic rings. The number of nitrogens with one attached hydrogen (secondary N) is 1. The number of carbonyl (C=O) groups is 2. The van der Waals surface area contributed by atoms with Gasteiger partial charge in [0.15, 0.2) is 5.75 Å². The number of ether oxygens (including phenoxy) is 3. The summed E-state index contributed by atoms with van der Waals surface area (Å²) in [6.07, 6.45) is 3.24. The first-order valence-corrected chi connectivity index (χ1v) is 13.5. The van der Waals surface area contributed by atoms with Gasteiger partial charge in [-0.1, -0.05) is 44.9 Å². The molecule has 0 unspecified atom stereocenters. The van der Waals surface area contributed by atoms with E-state index in [2.05, 4.69) is 30.6 Å². The highest BCUT2D eigenvalue weighted by Gasteiger charge is 2.32. The monoisotopic (exact) mass is 542 g/mol. The maximum absolute atomic E-state index is 12.9. The number of unbranched alkanes of at least 4 members (excludes halogenated alkanes) is 2. The molecule has 0 aliphatic carbocycles. The van der Waals surface area contributed by atoms with E-state index in [1.165, 1.54) is 0 Å². The lowest BCUT2D eigenvalue weighted by Gasteiger charge is -2.22. The summed E-state index contributed by atoms with van der Waals surface area (Å²) in [4.78, 5) is 23.8. The van der Waals surface area contributed by atoms with Crippen LogP contribution in [0.3, 0.4) is 0 Å². The Bertz CT molecular complexity index is 1140. The van der Waals surface area contributed by atoms with Crippen LogP contribution in [0.25, 0.3) is 0 Å². The largest absolute Gasteiger partial charge is 0.454 e. The molecule has 192 valence electrons. The molecule has 12 heteroatoms. The predicted molar refractivity (Wildman–Crippen MR) is 138 cm³/mol. The number of thiol groups is 2. The number of carbonyl (C=O) groups excluding carboxylic acids is 2. The highest BCUT2D eigenvalue weighted by atomic mass is 32.2. The van der Waals surface area contributed by atoms with Gasteiger partial charge >= 0.3 is 11.9 Å². The molecule has 0 heterocycles. The number of esters is 2. The van der Waals surface area contributed by atoms with Gasteiger partial charge < -0.3 is 19.5 Å². The average molecular weight is 543 g/mol. The van der Waals surface area contributed by atoms with Gasteiger partial charge in [-0.3, -0.25) is 4.79 Å². The molecule has 0 fully saturated rings. The summed E-state index contributed by atoms with van der Waals surface area (Å²) in [7, 11) is -4.42. The number of sulfonamides is 1. The Morgan fingerprint density at radius 1 is 1.00 bits per heavy atom. The number of hydrogen-bond donors (Lipinski definition) is 4. The standard InChI is InChI=1S/C23H30N2O7S3/c1-3-5-12-16(26)30-14-31-23(27)17-20(33)18(25-13-6-4-2)19(22(21(17)34)35(24,28)29)32-15-10-8-7-9-11-15/h7-11,25,33-34H,3-6,12-14H2,1-2H3,(H2,24,28,29). The zero-order valence-electron chi connectivity index (χ0n) is 19.6. The van der Waals surface area contributed by atoms with Crippen molar-refractivity contribution < 1.29 is 32.2 Å². The lowest BCUT2D eigenvalue weighted by Crippen LogP contribution is -2.20. The highest BCUT2D eigenvalue weighted by Crippen LogP contribution is 2.46. The van der Waals surface area contributed by atoms with Crippen LogP contribution in [-0.2, 0) is 24.3 Å². The second-order valence-electron chi connectivity index (χ2n) is 7.52. The molecule has 9 nitrogen and oxygen atoms in total. The third-order valence-corrected chi connectivity index (χ3v) is 6.79. The molecule has 3 N–H and O–H groups in total. The molecule has 0 saturated heterocycles.